The van der Waals surface area contributed by atoms with Crippen LogP contribution < -0.4 is 5.32 Å². The summed E-state index contributed by atoms with van der Waals surface area (Å²) in [5, 5.41) is 3.68. The van der Waals surface area contributed by atoms with E-state index in [2.05, 4.69) is 36.1 Å². The van der Waals surface area contributed by atoms with Crippen molar-refractivity contribution in [1.82, 2.24) is 15.1 Å². The largest absolute Gasteiger partial charge is 0.314 e. The first-order valence-corrected chi connectivity index (χ1v) is 8.33. The van der Waals surface area contributed by atoms with E-state index in [0.717, 1.165) is 24.5 Å². The summed E-state index contributed by atoms with van der Waals surface area (Å²) in [7, 11) is 4.59. The van der Waals surface area contributed by atoms with Crippen LogP contribution in [0.4, 0.5) is 0 Å². The molecule has 0 spiro atoms. The number of piperidine rings is 1. The van der Waals surface area contributed by atoms with Crippen molar-refractivity contribution < 1.29 is 0 Å². The maximum Gasteiger partial charge on any atom is 0.0117 e. The minimum atomic E-state index is 0.802. The van der Waals surface area contributed by atoms with Crippen LogP contribution in [0.1, 0.15) is 45.4 Å². The van der Waals surface area contributed by atoms with Gasteiger partial charge in [-0.05, 0) is 78.3 Å². The summed E-state index contributed by atoms with van der Waals surface area (Å²) >= 11 is 0. The molecule has 112 valence electrons. The van der Waals surface area contributed by atoms with Crippen LogP contribution in [-0.2, 0) is 0 Å². The normalized spacial score (nSPS) is 30.3. The average Bonchev–Trinajstić information content (AvgIpc) is 2.85. The SMILES string of the molecule is CCNC1CCCC1CCN(C)C1CCN(C)CC1. The summed E-state index contributed by atoms with van der Waals surface area (Å²) < 4.78 is 0. The third-order valence-electron chi connectivity index (χ3n) is 5.29. The summed E-state index contributed by atoms with van der Waals surface area (Å²) in [4.78, 5) is 5.09. The highest BCUT2D eigenvalue weighted by Gasteiger charge is 2.27. The topological polar surface area (TPSA) is 18.5 Å². The smallest absolute Gasteiger partial charge is 0.0117 e. The first-order valence-electron chi connectivity index (χ1n) is 8.33. The monoisotopic (exact) mass is 267 g/mol. The molecule has 0 radical (unpaired) electrons. The zero-order valence-corrected chi connectivity index (χ0v) is 13.2. The summed E-state index contributed by atoms with van der Waals surface area (Å²) in [5.41, 5.74) is 0. The highest BCUT2D eigenvalue weighted by atomic mass is 15.2. The second-order valence-corrected chi connectivity index (χ2v) is 6.66. The van der Waals surface area contributed by atoms with Gasteiger partial charge in [-0.1, -0.05) is 13.3 Å². The van der Waals surface area contributed by atoms with Gasteiger partial charge in [0.25, 0.3) is 0 Å². The summed E-state index contributed by atoms with van der Waals surface area (Å²) in [5.74, 6) is 0.925. The van der Waals surface area contributed by atoms with Crippen LogP contribution in [0.15, 0.2) is 0 Å². The van der Waals surface area contributed by atoms with Gasteiger partial charge in [0.05, 0.1) is 0 Å². The number of nitrogens with one attached hydrogen (secondary N) is 1. The van der Waals surface area contributed by atoms with Crippen molar-refractivity contribution in [2.75, 3.05) is 40.3 Å². The molecule has 1 saturated heterocycles. The van der Waals surface area contributed by atoms with Gasteiger partial charge in [0.15, 0.2) is 0 Å². The average molecular weight is 267 g/mol. The van der Waals surface area contributed by atoms with Crippen LogP contribution in [0.5, 0.6) is 0 Å². The highest BCUT2D eigenvalue weighted by Crippen LogP contribution is 2.29. The Morgan fingerprint density at radius 3 is 2.58 bits per heavy atom. The van der Waals surface area contributed by atoms with Crippen LogP contribution in [0.2, 0.25) is 0 Å². The second-order valence-electron chi connectivity index (χ2n) is 6.66. The molecule has 0 aromatic heterocycles. The molecule has 3 heteroatoms. The van der Waals surface area contributed by atoms with E-state index >= 15 is 0 Å². The van der Waals surface area contributed by atoms with Crippen molar-refractivity contribution in [3.8, 4) is 0 Å². The lowest BCUT2D eigenvalue weighted by Gasteiger charge is -2.36. The minimum absolute atomic E-state index is 0.802. The fraction of sp³-hybridized carbons (Fsp3) is 1.00. The Morgan fingerprint density at radius 2 is 1.89 bits per heavy atom. The second kappa shape index (κ2) is 7.61. The Morgan fingerprint density at radius 1 is 1.16 bits per heavy atom. The van der Waals surface area contributed by atoms with E-state index in [1.165, 1.54) is 58.2 Å². The zero-order valence-electron chi connectivity index (χ0n) is 13.2. The molecule has 2 fully saturated rings. The maximum atomic E-state index is 3.68. The van der Waals surface area contributed by atoms with Crippen LogP contribution in [-0.4, -0.2) is 62.2 Å². The van der Waals surface area contributed by atoms with Crippen molar-refractivity contribution in [1.29, 1.82) is 0 Å². The summed E-state index contributed by atoms with van der Waals surface area (Å²) in [6.07, 6.45) is 8.37. The number of rotatable bonds is 6. The Hall–Kier alpha value is -0.120. The number of likely N-dealkylation sites (tertiary alicyclic amines) is 1. The molecule has 1 N–H and O–H groups in total. The quantitative estimate of drug-likeness (QED) is 0.796. The molecule has 0 bridgehead atoms. The molecule has 2 aliphatic rings. The molecule has 3 nitrogen and oxygen atoms in total. The molecule has 0 aromatic carbocycles. The first kappa shape index (κ1) is 15.3. The standard InChI is InChI=1S/C16H33N3/c1-4-17-16-7-5-6-14(16)8-13-19(3)15-9-11-18(2)12-10-15/h14-17H,4-13H2,1-3H3. The molecule has 1 aliphatic carbocycles. The van der Waals surface area contributed by atoms with Crippen molar-refractivity contribution in [2.45, 2.75) is 57.5 Å². The predicted octanol–water partition coefficient (Wildman–Crippen LogP) is 2.18. The molecule has 2 atom stereocenters. The Labute approximate surface area is 119 Å². The van der Waals surface area contributed by atoms with Crippen molar-refractivity contribution in [2.24, 2.45) is 5.92 Å². The fourth-order valence-corrected chi connectivity index (χ4v) is 3.90. The van der Waals surface area contributed by atoms with Crippen molar-refractivity contribution in [3.05, 3.63) is 0 Å². The Bertz CT molecular complexity index is 248. The maximum absolute atomic E-state index is 3.68. The van der Waals surface area contributed by atoms with Crippen LogP contribution >= 0.6 is 0 Å². The van der Waals surface area contributed by atoms with E-state index in [0.29, 0.717) is 0 Å². The molecule has 2 unspecified atom stereocenters. The molecule has 0 amide bonds. The number of hydrogen-bond donors (Lipinski definition) is 1. The van der Waals surface area contributed by atoms with E-state index in [-0.39, 0.29) is 0 Å². The molecule has 1 saturated carbocycles. The number of nitrogens with zero attached hydrogens (tertiary/aromatic N) is 2. The lowest BCUT2D eigenvalue weighted by Crippen LogP contribution is -2.43. The zero-order chi connectivity index (χ0) is 13.7. The lowest BCUT2D eigenvalue weighted by atomic mass is 9.97. The van der Waals surface area contributed by atoms with Crippen molar-refractivity contribution >= 4 is 0 Å². The van der Waals surface area contributed by atoms with E-state index in [4.69, 9.17) is 0 Å². The molecule has 2 rings (SSSR count). The van der Waals surface area contributed by atoms with Gasteiger partial charge in [0.2, 0.25) is 0 Å². The van der Waals surface area contributed by atoms with Gasteiger partial charge >= 0.3 is 0 Å². The van der Waals surface area contributed by atoms with Gasteiger partial charge in [0, 0.05) is 12.1 Å². The molecular formula is C16H33N3. The van der Waals surface area contributed by atoms with Gasteiger partial charge in [-0.3, -0.25) is 0 Å². The molecule has 1 aliphatic heterocycles. The van der Waals surface area contributed by atoms with E-state index in [1.807, 2.05) is 0 Å². The Balaban J connectivity index is 1.69. The van der Waals surface area contributed by atoms with E-state index in [9.17, 15) is 0 Å². The first-order chi connectivity index (χ1) is 9.20. The van der Waals surface area contributed by atoms with E-state index in [1.54, 1.807) is 0 Å². The molecular weight excluding hydrogens is 234 g/mol. The third kappa shape index (κ3) is 4.44. The predicted molar refractivity (Wildman–Crippen MR) is 82.6 cm³/mol. The fourth-order valence-electron chi connectivity index (χ4n) is 3.90. The Kier molecular flexibility index (Phi) is 6.11. The van der Waals surface area contributed by atoms with Crippen LogP contribution in [0.3, 0.4) is 0 Å². The minimum Gasteiger partial charge on any atom is -0.314 e. The number of hydrogen-bond acceptors (Lipinski definition) is 3. The van der Waals surface area contributed by atoms with Gasteiger partial charge in [-0.2, -0.15) is 0 Å². The molecule has 19 heavy (non-hydrogen) atoms. The highest BCUT2D eigenvalue weighted by molar-refractivity contribution is 4.84. The third-order valence-corrected chi connectivity index (χ3v) is 5.29. The van der Waals surface area contributed by atoms with Gasteiger partial charge in [-0.15, -0.1) is 0 Å². The van der Waals surface area contributed by atoms with E-state index < -0.39 is 0 Å². The molecule has 1 heterocycles. The van der Waals surface area contributed by atoms with Crippen molar-refractivity contribution in [3.63, 3.8) is 0 Å². The van der Waals surface area contributed by atoms with Crippen LogP contribution in [0.25, 0.3) is 0 Å². The van der Waals surface area contributed by atoms with Gasteiger partial charge < -0.3 is 15.1 Å². The summed E-state index contributed by atoms with van der Waals surface area (Å²) in [6.45, 7) is 7.21. The summed E-state index contributed by atoms with van der Waals surface area (Å²) in [6, 6.07) is 1.63. The molecule has 0 aromatic rings. The van der Waals surface area contributed by atoms with Gasteiger partial charge in [0.1, 0.15) is 0 Å². The van der Waals surface area contributed by atoms with Crippen LogP contribution in [0, 0.1) is 5.92 Å². The lowest BCUT2D eigenvalue weighted by molar-refractivity contribution is 0.136. The van der Waals surface area contributed by atoms with Gasteiger partial charge in [-0.25, -0.2) is 0 Å².